The van der Waals surface area contributed by atoms with E-state index < -0.39 is 26.1 Å². The van der Waals surface area contributed by atoms with Gasteiger partial charge in [0, 0.05) is 18.4 Å². The largest absolute Gasteiger partial charge is 0.391 e. The van der Waals surface area contributed by atoms with Crippen LogP contribution in [0.4, 0.5) is 5.69 Å². The quantitative estimate of drug-likeness (QED) is 0.635. The van der Waals surface area contributed by atoms with Crippen LogP contribution >= 0.6 is 0 Å². The number of hydrogen-bond acceptors (Lipinski definition) is 5. The van der Waals surface area contributed by atoms with E-state index in [1.807, 2.05) is 0 Å². The van der Waals surface area contributed by atoms with Gasteiger partial charge in [-0.2, -0.15) is 0 Å². The summed E-state index contributed by atoms with van der Waals surface area (Å²) in [6, 6.07) is 5.67. The van der Waals surface area contributed by atoms with Gasteiger partial charge in [0.25, 0.3) is 5.69 Å². The van der Waals surface area contributed by atoms with Gasteiger partial charge in [-0.05, 0) is 18.9 Å². The Balaban J connectivity index is 2.76. The van der Waals surface area contributed by atoms with Crippen molar-refractivity contribution in [2.24, 2.45) is 0 Å². The highest BCUT2D eigenvalue weighted by molar-refractivity contribution is 7.91. The number of nitro groups is 1. The van der Waals surface area contributed by atoms with Gasteiger partial charge >= 0.3 is 0 Å². The van der Waals surface area contributed by atoms with Gasteiger partial charge in [0.15, 0.2) is 9.84 Å². The number of aliphatic hydroxyl groups excluding tert-OH is 1. The van der Waals surface area contributed by atoms with Crippen molar-refractivity contribution in [1.82, 2.24) is 0 Å². The van der Waals surface area contributed by atoms with Crippen LogP contribution in [0.2, 0.25) is 0 Å². The maximum absolute atomic E-state index is 11.3. The minimum atomic E-state index is -3.30. The fourth-order valence-electron chi connectivity index (χ4n) is 1.45. The van der Waals surface area contributed by atoms with E-state index >= 15 is 0 Å². The lowest BCUT2D eigenvalue weighted by Gasteiger charge is -2.16. The SMILES string of the molecule is CC(C(O)Cc1ccc([N+](=O)[O-])cc1)S(C)(=O)=O. The number of nitro benzene ring substituents is 1. The second-order valence-electron chi connectivity index (χ2n) is 4.23. The molecule has 0 aliphatic carbocycles. The third kappa shape index (κ3) is 3.78. The lowest BCUT2D eigenvalue weighted by atomic mass is 10.1. The first-order chi connectivity index (χ1) is 8.21. The van der Waals surface area contributed by atoms with Crippen molar-refractivity contribution in [1.29, 1.82) is 0 Å². The topological polar surface area (TPSA) is 97.5 Å². The summed E-state index contributed by atoms with van der Waals surface area (Å²) in [6.07, 6.45) is 0.185. The van der Waals surface area contributed by atoms with Gasteiger partial charge in [-0.1, -0.05) is 12.1 Å². The number of non-ortho nitro benzene ring substituents is 1. The fraction of sp³-hybridized carbons (Fsp3) is 0.455. The zero-order valence-electron chi connectivity index (χ0n) is 10.1. The van der Waals surface area contributed by atoms with Gasteiger partial charge in [-0.25, -0.2) is 8.42 Å². The molecule has 2 atom stereocenters. The normalized spacial score (nSPS) is 15.1. The molecule has 0 spiro atoms. The van der Waals surface area contributed by atoms with Crippen molar-refractivity contribution in [2.75, 3.05) is 6.26 Å². The van der Waals surface area contributed by atoms with Crippen LogP contribution in [0.1, 0.15) is 12.5 Å². The Kier molecular flexibility index (Phi) is 4.42. The highest BCUT2D eigenvalue weighted by atomic mass is 32.2. The molecule has 0 aliphatic heterocycles. The molecular weight excluding hydrogens is 258 g/mol. The van der Waals surface area contributed by atoms with Crippen LogP contribution in [0.5, 0.6) is 0 Å². The van der Waals surface area contributed by atoms with Gasteiger partial charge in [0.1, 0.15) is 0 Å². The first-order valence-electron chi connectivity index (χ1n) is 5.32. The van der Waals surface area contributed by atoms with Gasteiger partial charge in [0.2, 0.25) is 0 Å². The molecular formula is C11H15NO5S. The molecule has 0 bridgehead atoms. The monoisotopic (exact) mass is 273 g/mol. The third-order valence-electron chi connectivity index (χ3n) is 2.81. The van der Waals surface area contributed by atoms with Gasteiger partial charge in [-0.3, -0.25) is 10.1 Å². The van der Waals surface area contributed by atoms with Crippen molar-refractivity contribution in [3.63, 3.8) is 0 Å². The highest BCUT2D eigenvalue weighted by Gasteiger charge is 2.24. The van der Waals surface area contributed by atoms with Crippen LogP contribution in [-0.4, -0.2) is 36.1 Å². The Morgan fingerprint density at radius 3 is 2.22 bits per heavy atom. The molecule has 1 aromatic rings. The minimum absolute atomic E-state index is 0.0376. The maximum atomic E-state index is 11.3. The van der Waals surface area contributed by atoms with Crippen LogP contribution in [0, 0.1) is 10.1 Å². The average molecular weight is 273 g/mol. The number of nitrogens with zero attached hydrogens (tertiary/aromatic N) is 1. The van der Waals surface area contributed by atoms with Crippen LogP contribution in [0.15, 0.2) is 24.3 Å². The average Bonchev–Trinajstić information content (AvgIpc) is 2.27. The third-order valence-corrected chi connectivity index (χ3v) is 4.47. The zero-order valence-corrected chi connectivity index (χ0v) is 10.9. The van der Waals surface area contributed by atoms with Crippen LogP contribution in [0.3, 0.4) is 0 Å². The molecule has 0 aliphatic rings. The first kappa shape index (κ1) is 14.6. The van der Waals surface area contributed by atoms with E-state index in [1.54, 1.807) is 0 Å². The molecule has 1 rings (SSSR count). The van der Waals surface area contributed by atoms with Crippen LogP contribution < -0.4 is 0 Å². The Morgan fingerprint density at radius 1 is 1.33 bits per heavy atom. The number of rotatable bonds is 5. The van der Waals surface area contributed by atoms with Crippen LogP contribution in [-0.2, 0) is 16.3 Å². The molecule has 18 heavy (non-hydrogen) atoms. The molecule has 100 valence electrons. The summed E-state index contributed by atoms with van der Waals surface area (Å²) in [6.45, 7) is 1.44. The second kappa shape index (κ2) is 5.45. The summed E-state index contributed by atoms with van der Waals surface area (Å²) in [7, 11) is -3.30. The van der Waals surface area contributed by atoms with E-state index in [0.717, 1.165) is 6.26 Å². The predicted molar refractivity (Wildman–Crippen MR) is 67.1 cm³/mol. The molecule has 0 saturated heterocycles. The Bertz CT molecular complexity index is 523. The number of hydrogen-bond donors (Lipinski definition) is 1. The van der Waals surface area contributed by atoms with Crippen molar-refractivity contribution >= 4 is 15.5 Å². The Hall–Kier alpha value is -1.47. The van der Waals surface area contributed by atoms with E-state index in [2.05, 4.69) is 0 Å². The maximum Gasteiger partial charge on any atom is 0.269 e. The summed E-state index contributed by atoms with van der Waals surface area (Å²) in [5.74, 6) is 0. The molecule has 0 saturated carbocycles. The van der Waals surface area contributed by atoms with E-state index in [4.69, 9.17) is 0 Å². The molecule has 2 unspecified atom stereocenters. The van der Waals surface area contributed by atoms with E-state index in [0.29, 0.717) is 5.56 Å². The van der Waals surface area contributed by atoms with Crippen molar-refractivity contribution in [3.8, 4) is 0 Å². The molecule has 1 N–H and O–H groups in total. The van der Waals surface area contributed by atoms with Gasteiger partial charge < -0.3 is 5.11 Å². The van der Waals surface area contributed by atoms with E-state index in [1.165, 1.54) is 31.2 Å². The molecule has 0 heterocycles. The summed E-state index contributed by atoms with van der Waals surface area (Å²) >= 11 is 0. The zero-order chi connectivity index (χ0) is 13.9. The molecule has 0 amide bonds. The first-order valence-corrected chi connectivity index (χ1v) is 7.27. The van der Waals surface area contributed by atoms with Crippen molar-refractivity contribution in [3.05, 3.63) is 39.9 Å². The molecule has 7 heteroatoms. The Morgan fingerprint density at radius 2 is 1.83 bits per heavy atom. The molecule has 0 fully saturated rings. The molecule has 0 aromatic heterocycles. The lowest BCUT2D eigenvalue weighted by molar-refractivity contribution is -0.384. The second-order valence-corrected chi connectivity index (χ2v) is 6.63. The number of aliphatic hydroxyl groups is 1. The van der Waals surface area contributed by atoms with E-state index in [9.17, 15) is 23.6 Å². The molecule has 1 aromatic carbocycles. The summed E-state index contributed by atoms with van der Waals surface area (Å²) < 4.78 is 22.5. The number of benzene rings is 1. The smallest absolute Gasteiger partial charge is 0.269 e. The van der Waals surface area contributed by atoms with Crippen molar-refractivity contribution in [2.45, 2.75) is 24.7 Å². The fourth-order valence-corrected chi connectivity index (χ4v) is 2.11. The van der Waals surface area contributed by atoms with Crippen molar-refractivity contribution < 1.29 is 18.4 Å². The summed E-state index contributed by atoms with van der Waals surface area (Å²) in [4.78, 5) is 9.94. The van der Waals surface area contributed by atoms with E-state index in [-0.39, 0.29) is 12.1 Å². The summed E-state index contributed by atoms with van der Waals surface area (Å²) in [5.41, 5.74) is 0.619. The minimum Gasteiger partial charge on any atom is -0.391 e. The number of sulfone groups is 1. The Labute approximate surface area is 105 Å². The standard InChI is InChI=1S/C11H15NO5S/c1-8(18(2,16)17)11(13)7-9-3-5-10(6-4-9)12(14)15/h3-6,8,11,13H,7H2,1-2H3. The predicted octanol–water partition coefficient (Wildman–Crippen LogP) is 0.931. The molecule has 0 radical (unpaired) electrons. The lowest BCUT2D eigenvalue weighted by Crippen LogP contribution is -2.32. The molecule has 6 nitrogen and oxygen atoms in total. The van der Waals surface area contributed by atoms with Gasteiger partial charge in [-0.15, -0.1) is 0 Å². The van der Waals surface area contributed by atoms with Crippen LogP contribution in [0.25, 0.3) is 0 Å². The highest BCUT2D eigenvalue weighted by Crippen LogP contribution is 2.15. The van der Waals surface area contributed by atoms with Gasteiger partial charge in [0.05, 0.1) is 16.3 Å². The summed E-state index contributed by atoms with van der Waals surface area (Å²) in [5, 5.41) is 19.4.